The molecule has 2 saturated heterocycles. The van der Waals surface area contributed by atoms with Crippen LogP contribution in [0.25, 0.3) is 0 Å². The van der Waals surface area contributed by atoms with E-state index in [-0.39, 0.29) is 0 Å². The molecule has 1 aromatic heterocycles. The number of pyridine rings is 1. The number of hydrogen-bond donors (Lipinski definition) is 1. The van der Waals surface area contributed by atoms with Crippen molar-refractivity contribution in [1.29, 1.82) is 0 Å². The van der Waals surface area contributed by atoms with Crippen LogP contribution in [0.3, 0.4) is 0 Å². The smallest absolute Gasteiger partial charge is 0.0544 e. The fourth-order valence-corrected chi connectivity index (χ4v) is 3.41. The van der Waals surface area contributed by atoms with Crippen molar-refractivity contribution in [3.05, 3.63) is 30.1 Å². The lowest BCUT2D eigenvalue weighted by molar-refractivity contribution is 0.111. The lowest BCUT2D eigenvalue weighted by Gasteiger charge is -2.39. The van der Waals surface area contributed by atoms with Crippen LogP contribution in [0.5, 0.6) is 0 Å². The van der Waals surface area contributed by atoms with Gasteiger partial charge in [0.15, 0.2) is 0 Å². The zero-order chi connectivity index (χ0) is 12.2. The number of piperidine rings is 1. The number of hydrogen-bond acceptors (Lipinski definition) is 3. The molecule has 1 aromatic rings. The average Bonchev–Trinajstić information content (AvgIpc) is 2.94. The molecule has 18 heavy (non-hydrogen) atoms. The molecule has 0 amide bonds. The topological polar surface area (TPSA) is 28.2 Å². The van der Waals surface area contributed by atoms with E-state index in [0.29, 0.717) is 6.04 Å². The van der Waals surface area contributed by atoms with Crippen LogP contribution in [0.4, 0.5) is 0 Å². The van der Waals surface area contributed by atoms with E-state index in [1.165, 1.54) is 50.9 Å². The average molecular weight is 245 g/mol. The third-order valence-corrected chi connectivity index (χ3v) is 4.32. The van der Waals surface area contributed by atoms with Crippen molar-refractivity contribution >= 4 is 0 Å². The number of aromatic nitrogens is 1. The zero-order valence-corrected chi connectivity index (χ0v) is 11.0. The molecule has 0 aromatic carbocycles. The highest BCUT2D eigenvalue weighted by Crippen LogP contribution is 2.25. The van der Waals surface area contributed by atoms with E-state index in [4.69, 9.17) is 0 Å². The van der Waals surface area contributed by atoms with Crippen LogP contribution in [0.15, 0.2) is 24.4 Å². The summed E-state index contributed by atoms with van der Waals surface area (Å²) in [7, 11) is 0. The Balaban J connectivity index is 1.67. The molecule has 98 valence electrons. The molecule has 0 radical (unpaired) electrons. The number of nitrogens with zero attached hydrogens (tertiary/aromatic N) is 2. The Hall–Kier alpha value is -0.930. The third-order valence-electron chi connectivity index (χ3n) is 4.32. The molecular formula is C15H23N3. The molecule has 3 nitrogen and oxygen atoms in total. The van der Waals surface area contributed by atoms with Gasteiger partial charge in [0.05, 0.1) is 5.69 Å². The first-order valence-electron chi connectivity index (χ1n) is 7.31. The molecule has 2 aliphatic rings. The summed E-state index contributed by atoms with van der Waals surface area (Å²) in [5, 5.41) is 3.68. The lowest BCUT2D eigenvalue weighted by Crippen LogP contribution is -2.49. The molecule has 0 saturated carbocycles. The second-order valence-corrected chi connectivity index (χ2v) is 5.56. The van der Waals surface area contributed by atoms with E-state index in [0.717, 1.165) is 12.6 Å². The number of likely N-dealkylation sites (tertiary alicyclic amines) is 1. The van der Waals surface area contributed by atoms with Crippen molar-refractivity contribution in [3.8, 4) is 0 Å². The van der Waals surface area contributed by atoms with Crippen molar-refractivity contribution in [2.75, 3.05) is 13.1 Å². The first-order valence-corrected chi connectivity index (χ1v) is 7.31. The predicted molar refractivity (Wildman–Crippen MR) is 73.3 cm³/mol. The summed E-state index contributed by atoms with van der Waals surface area (Å²) in [6.45, 7) is 3.46. The Kier molecular flexibility index (Phi) is 3.91. The molecule has 1 N–H and O–H groups in total. The quantitative estimate of drug-likeness (QED) is 0.885. The second-order valence-electron chi connectivity index (χ2n) is 5.56. The van der Waals surface area contributed by atoms with Gasteiger partial charge in [-0.05, 0) is 50.9 Å². The molecule has 0 spiro atoms. The molecule has 2 fully saturated rings. The molecule has 2 aliphatic heterocycles. The van der Waals surface area contributed by atoms with Gasteiger partial charge in [-0.3, -0.25) is 9.88 Å². The van der Waals surface area contributed by atoms with Crippen LogP contribution >= 0.6 is 0 Å². The Labute approximate surface area is 110 Å². The van der Waals surface area contributed by atoms with Crippen LogP contribution in [-0.4, -0.2) is 35.1 Å². The van der Waals surface area contributed by atoms with Gasteiger partial charge in [0.2, 0.25) is 0 Å². The number of rotatable bonds is 3. The van der Waals surface area contributed by atoms with Crippen LogP contribution < -0.4 is 5.32 Å². The summed E-state index contributed by atoms with van der Waals surface area (Å²) in [6.07, 6.45) is 8.69. The molecule has 2 unspecified atom stereocenters. The van der Waals surface area contributed by atoms with Crippen molar-refractivity contribution in [2.45, 2.75) is 50.7 Å². The van der Waals surface area contributed by atoms with Crippen molar-refractivity contribution < 1.29 is 0 Å². The summed E-state index contributed by atoms with van der Waals surface area (Å²) in [4.78, 5) is 7.12. The van der Waals surface area contributed by atoms with E-state index in [1.807, 2.05) is 12.3 Å². The highest BCUT2D eigenvalue weighted by atomic mass is 15.2. The maximum Gasteiger partial charge on any atom is 0.0544 e. The van der Waals surface area contributed by atoms with Gasteiger partial charge < -0.3 is 5.32 Å². The van der Waals surface area contributed by atoms with Crippen LogP contribution in [0, 0.1) is 0 Å². The standard InChI is InChI=1S/C15H23N3/c1-3-9-16-13(6-1)12-18-11-4-2-8-15(18)14-7-5-10-17-14/h1,3,6,9,14-15,17H,2,4-5,7-8,10-12H2. The largest absolute Gasteiger partial charge is 0.312 e. The molecular weight excluding hydrogens is 222 g/mol. The predicted octanol–water partition coefficient (Wildman–Crippen LogP) is 2.19. The van der Waals surface area contributed by atoms with Crippen LogP contribution in [-0.2, 0) is 6.54 Å². The Morgan fingerprint density at radius 2 is 2.22 bits per heavy atom. The van der Waals surface area contributed by atoms with Gasteiger partial charge >= 0.3 is 0 Å². The summed E-state index contributed by atoms with van der Waals surface area (Å²) in [6, 6.07) is 7.68. The van der Waals surface area contributed by atoms with Gasteiger partial charge in [-0.25, -0.2) is 0 Å². The van der Waals surface area contributed by atoms with E-state index in [1.54, 1.807) is 0 Å². The summed E-state index contributed by atoms with van der Waals surface area (Å²) in [5.74, 6) is 0. The SMILES string of the molecule is c1ccc(CN2CCCCC2C2CCCN2)nc1. The van der Waals surface area contributed by atoms with Gasteiger partial charge in [0.1, 0.15) is 0 Å². The molecule has 3 rings (SSSR count). The normalized spacial score (nSPS) is 29.6. The second kappa shape index (κ2) is 5.81. The van der Waals surface area contributed by atoms with Crippen molar-refractivity contribution in [1.82, 2.24) is 15.2 Å². The Morgan fingerprint density at radius 1 is 1.22 bits per heavy atom. The maximum atomic E-state index is 4.47. The minimum Gasteiger partial charge on any atom is -0.312 e. The maximum absolute atomic E-state index is 4.47. The Morgan fingerprint density at radius 3 is 3.00 bits per heavy atom. The van der Waals surface area contributed by atoms with E-state index < -0.39 is 0 Å². The zero-order valence-electron chi connectivity index (χ0n) is 11.0. The highest BCUT2D eigenvalue weighted by Gasteiger charge is 2.31. The molecule has 3 heterocycles. The van der Waals surface area contributed by atoms with Crippen molar-refractivity contribution in [3.63, 3.8) is 0 Å². The minimum atomic E-state index is 0.717. The summed E-state index contributed by atoms with van der Waals surface area (Å²) < 4.78 is 0. The minimum absolute atomic E-state index is 0.717. The summed E-state index contributed by atoms with van der Waals surface area (Å²) in [5.41, 5.74) is 1.21. The van der Waals surface area contributed by atoms with Crippen LogP contribution in [0.2, 0.25) is 0 Å². The fourth-order valence-electron chi connectivity index (χ4n) is 3.41. The van der Waals surface area contributed by atoms with E-state index in [2.05, 4.69) is 27.3 Å². The Bertz CT molecular complexity index is 359. The van der Waals surface area contributed by atoms with E-state index in [9.17, 15) is 0 Å². The molecule has 0 bridgehead atoms. The van der Waals surface area contributed by atoms with E-state index >= 15 is 0 Å². The monoisotopic (exact) mass is 245 g/mol. The first-order chi connectivity index (χ1) is 8.93. The fraction of sp³-hybridized carbons (Fsp3) is 0.667. The van der Waals surface area contributed by atoms with Gasteiger partial charge in [-0.15, -0.1) is 0 Å². The third kappa shape index (κ3) is 2.73. The number of nitrogens with one attached hydrogen (secondary N) is 1. The summed E-state index contributed by atoms with van der Waals surface area (Å²) >= 11 is 0. The molecule has 3 heteroatoms. The first kappa shape index (κ1) is 12.1. The van der Waals surface area contributed by atoms with Gasteiger partial charge in [0, 0.05) is 24.8 Å². The van der Waals surface area contributed by atoms with Crippen molar-refractivity contribution in [2.24, 2.45) is 0 Å². The van der Waals surface area contributed by atoms with Gasteiger partial charge in [0.25, 0.3) is 0 Å². The van der Waals surface area contributed by atoms with Gasteiger partial charge in [-0.1, -0.05) is 12.5 Å². The molecule has 2 atom stereocenters. The highest BCUT2D eigenvalue weighted by molar-refractivity contribution is 5.04. The lowest BCUT2D eigenvalue weighted by atomic mass is 9.94. The molecule has 0 aliphatic carbocycles. The van der Waals surface area contributed by atoms with Crippen LogP contribution in [0.1, 0.15) is 37.8 Å². The van der Waals surface area contributed by atoms with Gasteiger partial charge in [-0.2, -0.15) is 0 Å².